The number of Topliss-reactive ketones (excluding diaryl/α,β-unsaturated/α-hetero) is 1. The van der Waals surface area contributed by atoms with E-state index in [0.717, 1.165) is 19.3 Å². The first-order chi connectivity index (χ1) is 14.7. The molecule has 1 N–H and O–H groups in total. The number of halogens is 1. The first-order valence-corrected chi connectivity index (χ1v) is 11.8. The van der Waals surface area contributed by atoms with Gasteiger partial charge < -0.3 is 5.32 Å². The molecule has 2 aromatic carbocycles. The summed E-state index contributed by atoms with van der Waals surface area (Å²) in [5.41, 5.74) is 0.808. The van der Waals surface area contributed by atoms with Crippen molar-refractivity contribution in [2.75, 3.05) is 5.32 Å². The van der Waals surface area contributed by atoms with Crippen LogP contribution in [-0.4, -0.2) is 36.5 Å². The van der Waals surface area contributed by atoms with Crippen LogP contribution in [0, 0.1) is 5.82 Å². The Hall–Kier alpha value is -2.58. The predicted molar refractivity (Wildman–Crippen MR) is 117 cm³/mol. The molecule has 1 heterocycles. The molecule has 31 heavy (non-hydrogen) atoms. The van der Waals surface area contributed by atoms with Gasteiger partial charge in [-0.15, -0.1) is 0 Å². The molecule has 0 bridgehead atoms. The molecule has 0 radical (unpaired) electrons. The number of carbonyl (C=O) groups excluding carboxylic acids is 2. The summed E-state index contributed by atoms with van der Waals surface area (Å²) in [7, 11) is -3.61. The number of piperidine rings is 1. The summed E-state index contributed by atoms with van der Waals surface area (Å²) in [6.07, 6.45) is 2.67. The highest BCUT2D eigenvalue weighted by atomic mass is 32.2. The largest absolute Gasteiger partial charge is 0.326 e. The van der Waals surface area contributed by atoms with E-state index >= 15 is 0 Å². The van der Waals surface area contributed by atoms with Gasteiger partial charge in [0.05, 0.1) is 4.90 Å². The van der Waals surface area contributed by atoms with Gasteiger partial charge in [0.15, 0.2) is 5.78 Å². The number of amides is 1. The molecule has 1 aliphatic rings. The van der Waals surface area contributed by atoms with Gasteiger partial charge >= 0.3 is 0 Å². The van der Waals surface area contributed by atoms with E-state index in [1.807, 2.05) is 13.8 Å². The molecule has 1 saturated heterocycles. The van der Waals surface area contributed by atoms with Crippen LogP contribution in [0.2, 0.25) is 0 Å². The van der Waals surface area contributed by atoms with Gasteiger partial charge in [-0.2, -0.15) is 4.31 Å². The van der Waals surface area contributed by atoms with Crippen molar-refractivity contribution in [3.8, 4) is 0 Å². The average molecular weight is 447 g/mol. The van der Waals surface area contributed by atoms with E-state index in [1.165, 1.54) is 36.4 Å². The van der Waals surface area contributed by atoms with Crippen molar-refractivity contribution in [2.45, 2.75) is 62.9 Å². The summed E-state index contributed by atoms with van der Waals surface area (Å²) < 4.78 is 40.6. The molecule has 2 unspecified atom stereocenters. The summed E-state index contributed by atoms with van der Waals surface area (Å²) in [4.78, 5) is 24.5. The average Bonchev–Trinajstić information content (AvgIpc) is 2.72. The van der Waals surface area contributed by atoms with Gasteiger partial charge in [0, 0.05) is 36.2 Å². The summed E-state index contributed by atoms with van der Waals surface area (Å²) in [5, 5.41) is 2.67. The fraction of sp³-hybridized carbons (Fsp3) is 0.391. The smallest absolute Gasteiger partial charge is 0.243 e. The zero-order valence-electron chi connectivity index (χ0n) is 17.7. The normalized spacial score (nSPS) is 19.7. The summed E-state index contributed by atoms with van der Waals surface area (Å²) in [5.74, 6) is -1.03. The number of nitrogens with zero attached hydrogens (tertiary/aromatic N) is 1. The van der Waals surface area contributed by atoms with Crippen LogP contribution in [0.25, 0.3) is 0 Å². The van der Waals surface area contributed by atoms with E-state index in [1.54, 1.807) is 16.4 Å². The lowest BCUT2D eigenvalue weighted by molar-refractivity contribution is -0.116. The Labute approximate surface area is 182 Å². The molecule has 3 rings (SSSR count). The monoisotopic (exact) mass is 446 g/mol. The van der Waals surface area contributed by atoms with Crippen molar-refractivity contribution in [2.24, 2.45) is 0 Å². The van der Waals surface area contributed by atoms with E-state index in [9.17, 15) is 22.4 Å². The number of carbonyl (C=O) groups is 2. The SMILES string of the molecule is CC1CCCC(C)N1S(=O)(=O)c1ccc(NC(=O)CCC(=O)c2ccc(F)cc2)cc1. The Kier molecular flexibility index (Phi) is 7.23. The molecular formula is C23H27FN2O4S. The van der Waals surface area contributed by atoms with E-state index in [4.69, 9.17) is 0 Å². The third-order valence-corrected chi connectivity index (χ3v) is 7.71. The number of ketones is 1. The van der Waals surface area contributed by atoms with Gasteiger partial charge in [-0.3, -0.25) is 9.59 Å². The zero-order chi connectivity index (χ0) is 22.6. The highest BCUT2D eigenvalue weighted by Gasteiger charge is 2.35. The maximum atomic E-state index is 13.1. The van der Waals surface area contributed by atoms with Crippen LogP contribution in [0.5, 0.6) is 0 Å². The molecule has 1 aliphatic heterocycles. The third-order valence-electron chi connectivity index (χ3n) is 5.57. The van der Waals surface area contributed by atoms with Crippen molar-refractivity contribution in [1.29, 1.82) is 0 Å². The van der Waals surface area contributed by atoms with E-state index in [0.29, 0.717) is 11.3 Å². The molecule has 166 valence electrons. The fourth-order valence-corrected chi connectivity index (χ4v) is 5.82. The van der Waals surface area contributed by atoms with Crippen LogP contribution in [0.15, 0.2) is 53.4 Å². The highest BCUT2D eigenvalue weighted by molar-refractivity contribution is 7.89. The second kappa shape index (κ2) is 9.70. The minimum absolute atomic E-state index is 0.00529. The van der Waals surface area contributed by atoms with Gasteiger partial charge in [0.2, 0.25) is 15.9 Å². The van der Waals surface area contributed by atoms with E-state index in [2.05, 4.69) is 5.32 Å². The standard InChI is InChI=1S/C23H27FN2O4S/c1-16-4-3-5-17(2)26(16)31(29,30)21-12-10-20(11-13-21)25-23(28)15-14-22(27)18-6-8-19(24)9-7-18/h6-13,16-17H,3-5,14-15H2,1-2H3,(H,25,28). The van der Waals surface area contributed by atoms with Crippen molar-refractivity contribution >= 4 is 27.4 Å². The Morgan fingerprint density at radius 3 is 2.13 bits per heavy atom. The molecular weight excluding hydrogens is 419 g/mol. The molecule has 0 spiro atoms. The van der Waals surface area contributed by atoms with Crippen LogP contribution in [-0.2, 0) is 14.8 Å². The zero-order valence-corrected chi connectivity index (χ0v) is 18.5. The van der Waals surface area contributed by atoms with Crippen molar-refractivity contribution in [3.63, 3.8) is 0 Å². The van der Waals surface area contributed by atoms with Gasteiger partial charge in [-0.05, 0) is 75.2 Å². The summed E-state index contributed by atoms with van der Waals surface area (Å²) in [6, 6.07) is 11.2. The van der Waals surface area contributed by atoms with Crippen LogP contribution in [0.4, 0.5) is 10.1 Å². The highest BCUT2D eigenvalue weighted by Crippen LogP contribution is 2.30. The van der Waals surface area contributed by atoms with E-state index < -0.39 is 15.8 Å². The lowest BCUT2D eigenvalue weighted by atomic mass is 10.0. The fourth-order valence-electron chi connectivity index (χ4n) is 3.93. The minimum atomic E-state index is -3.61. The lowest BCUT2D eigenvalue weighted by Crippen LogP contribution is -2.47. The first kappa shape index (κ1) is 23.1. The van der Waals surface area contributed by atoms with Gasteiger partial charge in [-0.1, -0.05) is 6.42 Å². The summed E-state index contributed by atoms with van der Waals surface area (Å²) >= 11 is 0. The van der Waals surface area contributed by atoms with Crippen LogP contribution >= 0.6 is 0 Å². The number of nitrogens with one attached hydrogen (secondary N) is 1. The Balaban J connectivity index is 1.59. The number of benzene rings is 2. The molecule has 1 fully saturated rings. The maximum absolute atomic E-state index is 13.1. The maximum Gasteiger partial charge on any atom is 0.243 e. The number of hydrogen-bond acceptors (Lipinski definition) is 4. The van der Waals surface area contributed by atoms with Crippen molar-refractivity contribution < 1.29 is 22.4 Å². The molecule has 8 heteroatoms. The lowest BCUT2D eigenvalue weighted by Gasteiger charge is -2.37. The molecule has 1 amide bonds. The van der Waals surface area contributed by atoms with Crippen LogP contribution in [0.1, 0.15) is 56.3 Å². The van der Waals surface area contributed by atoms with Gasteiger partial charge in [-0.25, -0.2) is 12.8 Å². The van der Waals surface area contributed by atoms with Crippen molar-refractivity contribution in [3.05, 3.63) is 59.9 Å². The predicted octanol–water partition coefficient (Wildman–Crippen LogP) is 4.38. The number of sulfonamides is 1. The van der Waals surface area contributed by atoms with E-state index in [-0.39, 0.29) is 41.5 Å². The molecule has 2 aromatic rings. The molecule has 6 nitrogen and oxygen atoms in total. The Bertz CT molecular complexity index is 1030. The number of anilines is 1. The topological polar surface area (TPSA) is 83.6 Å². The van der Waals surface area contributed by atoms with Gasteiger partial charge in [0.25, 0.3) is 0 Å². The van der Waals surface area contributed by atoms with Gasteiger partial charge in [0.1, 0.15) is 5.82 Å². The third kappa shape index (κ3) is 5.57. The van der Waals surface area contributed by atoms with Crippen LogP contribution in [0.3, 0.4) is 0 Å². The number of rotatable bonds is 7. The first-order valence-electron chi connectivity index (χ1n) is 10.4. The minimum Gasteiger partial charge on any atom is -0.326 e. The van der Waals surface area contributed by atoms with Crippen LogP contribution < -0.4 is 5.32 Å². The molecule has 0 saturated carbocycles. The number of hydrogen-bond donors (Lipinski definition) is 1. The van der Waals surface area contributed by atoms with Crippen molar-refractivity contribution in [1.82, 2.24) is 4.31 Å². The molecule has 0 aliphatic carbocycles. The summed E-state index contributed by atoms with van der Waals surface area (Å²) in [6.45, 7) is 3.85. The second-order valence-corrected chi connectivity index (χ2v) is 9.81. The Morgan fingerprint density at radius 2 is 1.55 bits per heavy atom. The molecule has 0 aromatic heterocycles. The second-order valence-electron chi connectivity index (χ2n) is 7.97. The quantitative estimate of drug-likeness (QED) is 0.640. The molecule has 2 atom stereocenters. The Morgan fingerprint density at radius 1 is 0.968 bits per heavy atom.